The van der Waals surface area contributed by atoms with Crippen LogP contribution in [0.4, 0.5) is 5.82 Å². The van der Waals surface area contributed by atoms with E-state index in [2.05, 4.69) is 10.3 Å². The van der Waals surface area contributed by atoms with Crippen LogP contribution in [0.5, 0.6) is 0 Å². The number of nitrogens with zero attached hydrogens (tertiary/aromatic N) is 2. The molecule has 2 aromatic rings. The van der Waals surface area contributed by atoms with E-state index < -0.39 is 0 Å². The Kier molecular flexibility index (Phi) is 2.06. The maximum atomic E-state index is 10.6. The van der Waals surface area contributed by atoms with Crippen molar-refractivity contribution in [1.82, 2.24) is 9.38 Å². The van der Waals surface area contributed by atoms with Gasteiger partial charge in [0.25, 0.3) is 0 Å². The predicted molar refractivity (Wildman–Crippen MR) is 52.9 cm³/mol. The summed E-state index contributed by atoms with van der Waals surface area (Å²) in [5, 5.41) is 2.92. The van der Waals surface area contributed by atoms with Gasteiger partial charge in [-0.2, -0.15) is 0 Å². The van der Waals surface area contributed by atoms with Crippen LogP contribution in [0.15, 0.2) is 30.6 Å². The molecule has 0 unspecified atom stereocenters. The van der Waals surface area contributed by atoms with Gasteiger partial charge in [-0.1, -0.05) is 6.07 Å². The number of nitrogens with two attached hydrogens (primary N) is 1. The van der Waals surface area contributed by atoms with Crippen molar-refractivity contribution < 1.29 is 4.79 Å². The molecule has 0 bridgehead atoms. The number of aromatic nitrogens is 2. The summed E-state index contributed by atoms with van der Waals surface area (Å²) in [5.74, 6) is 0.418. The fourth-order valence-electron chi connectivity index (χ4n) is 1.27. The molecule has 5 nitrogen and oxygen atoms in total. The Labute approximate surface area is 80.6 Å². The van der Waals surface area contributed by atoms with Crippen LogP contribution >= 0.6 is 0 Å². The first-order chi connectivity index (χ1) is 6.77. The van der Waals surface area contributed by atoms with Crippen molar-refractivity contribution in [2.45, 2.75) is 0 Å². The number of pyridine rings is 1. The molecule has 0 atom stereocenters. The van der Waals surface area contributed by atoms with Crippen molar-refractivity contribution in [1.29, 1.82) is 0 Å². The normalized spacial score (nSPS) is 10.3. The van der Waals surface area contributed by atoms with Gasteiger partial charge in [-0.05, 0) is 12.1 Å². The van der Waals surface area contributed by atoms with Crippen LogP contribution in [0.2, 0.25) is 0 Å². The van der Waals surface area contributed by atoms with Crippen LogP contribution in [0, 0.1) is 0 Å². The first kappa shape index (κ1) is 8.55. The number of imidazole rings is 1. The number of carbonyl (C=O) groups is 1. The van der Waals surface area contributed by atoms with Gasteiger partial charge in [-0.3, -0.25) is 9.20 Å². The Balaban J connectivity index is 2.32. The van der Waals surface area contributed by atoms with Crippen molar-refractivity contribution >= 4 is 17.4 Å². The van der Waals surface area contributed by atoms with Crippen LogP contribution in [0.25, 0.3) is 5.65 Å². The molecule has 2 heterocycles. The van der Waals surface area contributed by atoms with Crippen molar-refractivity contribution in [2.75, 3.05) is 11.9 Å². The van der Waals surface area contributed by atoms with Gasteiger partial charge in [0.15, 0.2) is 0 Å². The highest BCUT2D eigenvalue weighted by Gasteiger charge is 2.00. The fourth-order valence-corrected chi connectivity index (χ4v) is 1.27. The van der Waals surface area contributed by atoms with E-state index in [1.165, 1.54) is 0 Å². The largest absolute Gasteiger partial charge is 0.368 e. The monoisotopic (exact) mass is 190 g/mol. The minimum atomic E-state index is -0.387. The number of anilines is 1. The third kappa shape index (κ3) is 1.52. The lowest BCUT2D eigenvalue weighted by Gasteiger charge is -2.06. The van der Waals surface area contributed by atoms with Crippen LogP contribution in [0.1, 0.15) is 0 Å². The van der Waals surface area contributed by atoms with E-state index in [0.29, 0.717) is 0 Å². The molecule has 2 aromatic heterocycles. The zero-order valence-electron chi connectivity index (χ0n) is 7.47. The van der Waals surface area contributed by atoms with Gasteiger partial charge in [0.05, 0.1) is 6.54 Å². The molecule has 0 aromatic carbocycles. The Morgan fingerprint density at radius 1 is 1.57 bits per heavy atom. The third-order valence-electron chi connectivity index (χ3n) is 1.87. The lowest BCUT2D eigenvalue weighted by molar-refractivity contribution is -0.116. The average Bonchev–Trinajstić information content (AvgIpc) is 2.62. The Morgan fingerprint density at radius 3 is 3.21 bits per heavy atom. The maximum absolute atomic E-state index is 10.6. The van der Waals surface area contributed by atoms with E-state index in [1.54, 1.807) is 6.20 Å². The Bertz CT molecular complexity index is 463. The molecular formula is C9H10N4O. The molecule has 3 N–H and O–H groups in total. The summed E-state index contributed by atoms with van der Waals surface area (Å²) in [4.78, 5) is 14.7. The van der Waals surface area contributed by atoms with E-state index in [0.717, 1.165) is 11.5 Å². The summed E-state index contributed by atoms with van der Waals surface area (Å²) in [7, 11) is 0. The number of nitrogens with one attached hydrogen (secondary N) is 1. The van der Waals surface area contributed by atoms with Gasteiger partial charge >= 0.3 is 0 Å². The van der Waals surface area contributed by atoms with E-state index in [4.69, 9.17) is 5.73 Å². The first-order valence-electron chi connectivity index (χ1n) is 4.21. The summed E-state index contributed by atoms with van der Waals surface area (Å²) in [6, 6.07) is 5.61. The summed E-state index contributed by atoms with van der Waals surface area (Å²) in [6.07, 6.45) is 3.52. The number of primary amides is 1. The molecule has 72 valence electrons. The third-order valence-corrected chi connectivity index (χ3v) is 1.87. The molecule has 0 fully saturated rings. The van der Waals surface area contributed by atoms with Crippen molar-refractivity contribution in [2.24, 2.45) is 5.73 Å². The van der Waals surface area contributed by atoms with Gasteiger partial charge in [-0.15, -0.1) is 0 Å². The number of hydrogen-bond acceptors (Lipinski definition) is 3. The van der Waals surface area contributed by atoms with Crippen LogP contribution in [0.3, 0.4) is 0 Å². The predicted octanol–water partition coefficient (Wildman–Crippen LogP) is 0.231. The number of hydrogen-bond donors (Lipinski definition) is 2. The second kappa shape index (κ2) is 3.37. The molecule has 0 aliphatic carbocycles. The molecule has 0 spiro atoms. The average molecular weight is 190 g/mol. The number of rotatable bonds is 3. The minimum Gasteiger partial charge on any atom is -0.368 e. The van der Waals surface area contributed by atoms with Crippen molar-refractivity contribution in [3.63, 3.8) is 0 Å². The lowest BCUT2D eigenvalue weighted by Crippen LogP contribution is -2.22. The standard InChI is InChI=1S/C9H10N4O/c10-7(14)6-12-9-3-1-2-8-11-4-5-13(8)9/h1-5,12H,6H2,(H2,10,14). The van der Waals surface area contributed by atoms with E-state index in [9.17, 15) is 4.79 Å². The lowest BCUT2D eigenvalue weighted by atomic mass is 10.4. The highest BCUT2D eigenvalue weighted by Crippen LogP contribution is 2.09. The van der Waals surface area contributed by atoms with Gasteiger partial charge in [-0.25, -0.2) is 4.98 Å². The Morgan fingerprint density at radius 2 is 2.43 bits per heavy atom. The molecule has 5 heteroatoms. The zero-order valence-corrected chi connectivity index (χ0v) is 7.47. The number of amides is 1. The van der Waals surface area contributed by atoms with Crippen molar-refractivity contribution in [3.05, 3.63) is 30.6 Å². The molecule has 14 heavy (non-hydrogen) atoms. The fraction of sp³-hybridized carbons (Fsp3) is 0.111. The zero-order chi connectivity index (χ0) is 9.97. The van der Waals surface area contributed by atoms with Crippen LogP contribution in [-0.2, 0) is 4.79 Å². The quantitative estimate of drug-likeness (QED) is 0.727. The highest BCUT2D eigenvalue weighted by atomic mass is 16.1. The number of fused-ring (bicyclic) bond motifs is 1. The summed E-state index contributed by atoms with van der Waals surface area (Å²) >= 11 is 0. The van der Waals surface area contributed by atoms with E-state index in [-0.39, 0.29) is 12.5 Å². The second-order valence-electron chi connectivity index (χ2n) is 2.89. The molecule has 0 aliphatic heterocycles. The van der Waals surface area contributed by atoms with Gasteiger partial charge in [0.2, 0.25) is 5.91 Å². The molecule has 0 aliphatic rings. The van der Waals surface area contributed by atoms with E-state index >= 15 is 0 Å². The topological polar surface area (TPSA) is 72.4 Å². The number of carbonyl (C=O) groups excluding carboxylic acids is 1. The Hall–Kier alpha value is -2.04. The second-order valence-corrected chi connectivity index (χ2v) is 2.89. The molecule has 1 amide bonds. The maximum Gasteiger partial charge on any atom is 0.236 e. The summed E-state index contributed by atoms with van der Waals surface area (Å²) in [6.45, 7) is 0.122. The molecule has 0 saturated carbocycles. The smallest absolute Gasteiger partial charge is 0.236 e. The SMILES string of the molecule is NC(=O)CNc1cccc2nccn12. The van der Waals surface area contributed by atoms with Crippen LogP contribution in [-0.4, -0.2) is 21.8 Å². The molecule has 0 radical (unpaired) electrons. The van der Waals surface area contributed by atoms with Gasteiger partial charge in [0.1, 0.15) is 11.5 Å². The first-order valence-corrected chi connectivity index (χ1v) is 4.21. The molecule has 2 rings (SSSR count). The van der Waals surface area contributed by atoms with Gasteiger partial charge in [0, 0.05) is 12.4 Å². The van der Waals surface area contributed by atoms with E-state index in [1.807, 2.05) is 28.8 Å². The molecular weight excluding hydrogens is 180 g/mol. The highest BCUT2D eigenvalue weighted by molar-refractivity contribution is 5.78. The summed E-state index contributed by atoms with van der Waals surface area (Å²) < 4.78 is 1.85. The van der Waals surface area contributed by atoms with Gasteiger partial charge < -0.3 is 11.1 Å². The minimum absolute atomic E-state index is 0.122. The molecule has 0 saturated heterocycles. The summed E-state index contributed by atoms with van der Waals surface area (Å²) in [5.41, 5.74) is 5.87. The van der Waals surface area contributed by atoms with Crippen LogP contribution < -0.4 is 11.1 Å². The van der Waals surface area contributed by atoms with Crippen molar-refractivity contribution in [3.8, 4) is 0 Å².